The van der Waals surface area contributed by atoms with Crippen molar-refractivity contribution in [2.75, 3.05) is 26.8 Å². The Kier molecular flexibility index (Phi) is 4.41. The standard InChI is InChI=1S/C12H21N3O3/c1-13-11(16)10-8-18-7-6-15(10)12(17)14-9-4-2-3-5-9/h9-10H,2-8H2,1H3,(H,13,16)(H,14,17). The highest BCUT2D eigenvalue weighted by molar-refractivity contribution is 5.87. The molecular formula is C12H21N3O3. The van der Waals surface area contributed by atoms with Gasteiger partial charge in [0.2, 0.25) is 5.91 Å². The zero-order valence-corrected chi connectivity index (χ0v) is 10.8. The lowest BCUT2D eigenvalue weighted by atomic mass is 10.2. The van der Waals surface area contributed by atoms with Crippen LogP contribution in [0.15, 0.2) is 0 Å². The average Bonchev–Trinajstić information content (AvgIpc) is 2.90. The molecule has 0 radical (unpaired) electrons. The number of carbonyl (C=O) groups excluding carboxylic acids is 2. The van der Waals surface area contributed by atoms with Gasteiger partial charge in [-0.25, -0.2) is 4.79 Å². The zero-order chi connectivity index (χ0) is 13.0. The van der Waals surface area contributed by atoms with Crippen LogP contribution >= 0.6 is 0 Å². The van der Waals surface area contributed by atoms with Crippen LogP contribution < -0.4 is 10.6 Å². The van der Waals surface area contributed by atoms with Crippen LogP contribution in [0.5, 0.6) is 0 Å². The molecular weight excluding hydrogens is 234 g/mol. The van der Waals surface area contributed by atoms with Gasteiger partial charge in [-0.2, -0.15) is 0 Å². The van der Waals surface area contributed by atoms with E-state index in [9.17, 15) is 9.59 Å². The number of hydrogen-bond acceptors (Lipinski definition) is 3. The second-order valence-corrected chi connectivity index (χ2v) is 4.83. The van der Waals surface area contributed by atoms with Gasteiger partial charge in [-0.05, 0) is 12.8 Å². The van der Waals surface area contributed by atoms with Crippen LogP contribution in [0.1, 0.15) is 25.7 Å². The Balaban J connectivity index is 1.94. The van der Waals surface area contributed by atoms with Crippen molar-refractivity contribution in [1.29, 1.82) is 0 Å². The predicted molar refractivity (Wildman–Crippen MR) is 66.2 cm³/mol. The summed E-state index contributed by atoms with van der Waals surface area (Å²) in [4.78, 5) is 25.5. The molecule has 2 fully saturated rings. The normalized spacial score (nSPS) is 24.9. The maximum Gasteiger partial charge on any atom is 0.318 e. The van der Waals surface area contributed by atoms with E-state index >= 15 is 0 Å². The highest BCUT2D eigenvalue weighted by atomic mass is 16.5. The fraction of sp³-hybridized carbons (Fsp3) is 0.833. The molecule has 1 heterocycles. The van der Waals surface area contributed by atoms with Gasteiger partial charge in [-0.3, -0.25) is 4.79 Å². The molecule has 2 rings (SSSR count). The Morgan fingerprint density at radius 3 is 2.67 bits per heavy atom. The van der Waals surface area contributed by atoms with Gasteiger partial charge in [0.05, 0.1) is 13.2 Å². The molecule has 2 N–H and O–H groups in total. The van der Waals surface area contributed by atoms with Crippen molar-refractivity contribution in [3.8, 4) is 0 Å². The molecule has 6 nitrogen and oxygen atoms in total. The van der Waals surface area contributed by atoms with Crippen molar-refractivity contribution in [2.24, 2.45) is 0 Å². The molecule has 0 spiro atoms. The van der Waals surface area contributed by atoms with E-state index in [1.807, 2.05) is 0 Å². The van der Waals surface area contributed by atoms with Gasteiger partial charge in [-0.15, -0.1) is 0 Å². The minimum absolute atomic E-state index is 0.140. The smallest absolute Gasteiger partial charge is 0.318 e. The number of rotatable bonds is 2. The van der Waals surface area contributed by atoms with E-state index in [1.54, 1.807) is 11.9 Å². The maximum atomic E-state index is 12.2. The minimum atomic E-state index is -0.509. The fourth-order valence-corrected chi connectivity index (χ4v) is 2.56. The van der Waals surface area contributed by atoms with E-state index in [2.05, 4.69) is 10.6 Å². The third-order valence-electron chi connectivity index (χ3n) is 3.62. The first-order chi connectivity index (χ1) is 8.72. The molecule has 102 valence electrons. The molecule has 0 aromatic heterocycles. The maximum absolute atomic E-state index is 12.2. The Morgan fingerprint density at radius 2 is 2.00 bits per heavy atom. The molecule has 0 bridgehead atoms. The third kappa shape index (κ3) is 2.93. The Hall–Kier alpha value is -1.30. The van der Waals surface area contributed by atoms with E-state index in [0.29, 0.717) is 13.2 Å². The molecule has 1 saturated carbocycles. The molecule has 0 aromatic carbocycles. The van der Waals surface area contributed by atoms with Crippen LogP contribution in [0.2, 0.25) is 0 Å². The van der Waals surface area contributed by atoms with Gasteiger partial charge in [-0.1, -0.05) is 12.8 Å². The van der Waals surface area contributed by atoms with Crippen molar-refractivity contribution < 1.29 is 14.3 Å². The Morgan fingerprint density at radius 1 is 1.28 bits per heavy atom. The van der Waals surface area contributed by atoms with Crippen LogP contribution in [-0.2, 0) is 9.53 Å². The van der Waals surface area contributed by atoms with Crippen molar-refractivity contribution >= 4 is 11.9 Å². The molecule has 1 aliphatic carbocycles. The lowest BCUT2D eigenvalue weighted by molar-refractivity contribution is -0.129. The van der Waals surface area contributed by atoms with Gasteiger partial charge in [0, 0.05) is 19.6 Å². The quantitative estimate of drug-likeness (QED) is 0.734. The number of morpholine rings is 1. The fourth-order valence-electron chi connectivity index (χ4n) is 2.56. The number of urea groups is 1. The Labute approximate surface area is 107 Å². The molecule has 18 heavy (non-hydrogen) atoms. The monoisotopic (exact) mass is 255 g/mol. The number of nitrogens with zero attached hydrogens (tertiary/aromatic N) is 1. The van der Waals surface area contributed by atoms with Crippen LogP contribution in [0.3, 0.4) is 0 Å². The minimum Gasteiger partial charge on any atom is -0.377 e. The van der Waals surface area contributed by atoms with Crippen LogP contribution in [0, 0.1) is 0 Å². The van der Waals surface area contributed by atoms with Gasteiger partial charge < -0.3 is 20.3 Å². The molecule has 3 amide bonds. The second kappa shape index (κ2) is 6.04. The number of likely N-dealkylation sites (N-methyl/N-ethyl adjacent to an activating group) is 1. The number of nitrogens with one attached hydrogen (secondary N) is 2. The number of ether oxygens (including phenoxy) is 1. The average molecular weight is 255 g/mol. The van der Waals surface area contributed by atoms with Gasteiger partial charge in [0.1, 0.15) is 6.04 Å². The summed E-state index contributed by atoms with van der Waals surface area (Å²) in [6, 6.07) is -0.380. The lowest BCUT2D eigenvalue weighted by Crippen LogP contribution is -2.58. The summed E-state index contributed by atoms with van der Waals surface area (Å²) < 4.78 is 5.27. The summed E-state index contributed by atoms with van der Waals surface area (Å²) in [5.41, 5.74) is 0. The van der Waals surface area contributed by atoms with Gasteiger partial charge >= 0.3 is 6.03 Å². The summed E-state index contributed by atoms with van der Waals surface area (Å²) in [5.74, 6) is -0.170. The van der Waals surface area contributed by atoms with Gasteiger partial charge in [0.25, 0.3) is 0 Å². The van der Waals surface area contributed by atoms with Crippen LogP contribution in [0.4, 0.5) is 4.79 Å². The summed E-state index contributed by atoms with van der Waals surface area (Å²) in [5, 5.41) is 5.58. The first-order valence-electron chi connectivity index (χ1n) is 6.59. The molecule has 1 saturated heterocycles. The van der Waals surface area contributed by atoms with Crippen LogP contribution in [-0.4, -0.2) is 55.7 Å². The van der Waals surface area contributed by atoms with Gasteiger partial charge in [0.15, 0.2) is 0 Å². The van der Waals surface area contributed by atoms with Crippen molar-refractivity contribution in [2.45, 2.75) is 37.8 Å². The number of amides is 3. The topological polar surface area (TPSA) is 70.7 Å². The number of hydrogen-bond donors (Lipinski definition) is 2. The van der Waals surface area contributed by atoms with E-state index < -0.39 is 6.04 Å². The van der Waals surface area contributed by atoms with Crippen molar-refractivity contribution in [1.82, 2.24) is 15.5 Å². The van der Waals surface area contributed by atoms with Crippen LogP contribution in [0.25, 0.3) is 0 Å². The van der Waals surface area contributed by atoms with Crippen molar-refractivity contribution in [3.05, 3.63) is 0 Å². The lowest BCUT2D eigenvalue weighted by Gasteiger charge is -2.35. The summed E-state index contributed by atoms with van der Waals surface area (Å²) in [6.45, 7) is 1.24. The highest BCUT2D eigenvalue weighted by Crippen LogP contribution is 2.18. The first-order valence-corrected chi connectivity index (χ1v) is 6.59. The van der Waals surface area contributed by atoms with E-state index in [0.717, 1.165) is 12.8 Å². The molecule has 1 aliphatic heterocycles. The summed E-state index contributed by atoms with van der Waals surface area (Å²) in [6.07, 6.45) is 4.43. The SMILES string of the molecule is CNC(=O)C1COCCN1C(=O)NC1CCCC1. The zero-order valence-electron chi connectivity index (χ0n) is 10.8. The predicted octanol–water partition coefficient (Wildman–Crippen LogP) is 0.0854. The van der Waals surface area contributed by atoms with E-state index in [1.165, 1.54) is 12.8 Å². The second-order valence-electron chi connectivity index (χ2n) is 4.83. The molecule has 1 atom stereocenters. The molecule has 1 unspecified atom stereocenters. The number of carbonyl (C=O) groups is 2. The van der Waals surface area contributed by atoms with E-state index in [-0.39, 0.29) is 24.6 Å². The van der Waals surface area contributed by atoms with E-state index in [4.69, 9.17) is 4.74 Å². The summed E-state index contributed by atoms with van der Waals surface area (Å²) in [7, 11) is 1.57. The molecule has 0 aromatic rings. The largest absolute Gasteiger partial charge is 0.377 e. The third-order valence-corrected chi connectivity index (χ3v) is 3.62. The van der Waals surface area contributed by atoms with Crippen molar-refractivity contribution in [3.63, 3.8) is 0 Å². The summed E-state index contributed by atoms with van der Waals surface area (Å²) >= 11 is 0. The molecule has 2 aliphatic rings. The first kappa shape index (κ1) is 13.1. The Bertz CT molecular complexity index is 316. The highest BCUT2D eigenvalue weighted by Gasteiger charge is 2.33. The molecule has 6 heteroatoms.